The van der Waals surface area contributed by atoms with Gasteiger partial charge in [-0.15, -0.1) is 0 Å². The lowest BCUT2D eigenvalue weighted by Gasteiger charge is -2.24. The largest absolute Gasteiger partial charge is 0.396 e. The molecule has 8 heteroatoms. The lowest BCUT2D eigenvalue weighted by atomic mass is 10.0. The SMILES string of the molecule is CC(C)(CCO)NC(=O)Cn1ccc([N+](=O)[O-])n1. The molecule has 1 aromatic rings. The van der Waals surface area contributed by atoms with Gasteiger partial charge in [0.25, 0.3) is 0 Å². The fourth-order valence-electron chi connectivity index (χ4n) is 1.44. The molecular formula is C10H16N4O4. The van der Waals surface area contributed by atoms with Crippen LogP contribution < -0.4 is 5.32 Å². The minimum atomic E-state index is -0.621. The monoisotopic (exact) mass is 256 g/mol. The molecule has 1 amide bonds. The van der Waals surface area contributed by atoms with Crippen molar-refractivity contribution in [3.63, 3.8) is 0 Å². The molecule has 1 aromatic heterocycles. The van der Waals surface area contributed by atoms with Crippen molar-refractivity contribution in [3.05, 3.63) is 22.4 Å². The zero-order chi connectivity index (χ0) is 13.8. The molecule has 8 nitrogen and oxygen atoms in total. The third-order valence-corrected chi connectivity index (χ3v) is 2.33. The number of aliphatic hydroxyl groups excluding tert-OH is 1. The average molecular weight is 256 g/mol. The standard InChI is InChI=1S/C10H16N4O4/c1-10(2,4-6-15)11-9(16)7-13-5-3-8(12-13)14(17)18/h3,5,15H,4,6-7H2,1-2H3,(H,11,16). The van der Waals surface area contributed by atoms with E-state index in [2.05, 4.69) is 10.4 Å². The summed E-state index contributed by atoms with van der Waals surface area (Å²) >= 11 is 0. The van der Waals surface area contributed by atoms with E-state index < -0.39 is 10.5 Å². The van der Waals surface area contributed by atoms with Gasteiger partial charge in [-0.1, -0.05) is 0 Å². The lowest BCUT2D eigenvalue weighted by Crippen LogP contribution is -2.45. The number of hydrogen-bond acceptors (Lipinski definition) is 5. The van der Waals surface area contributed by atoms with Crippen molar-refractivity contribution in [3.8, 4) is 0 Å². The number of carbonyl (C=O) groups is 1. The van der Waals surface area contributed by atoms with Crippen molar-refractivity contribution < 1.29 is 14.8 Å². The summed E-state index contributed by atoms with van der Waals surface area (Å²) in [6.45, 7) is 3.45. The molecule has 100 valence electrons. The zero-order valence-electron chi connectivity index (χ0n) is 10.3. The molecule has 0 fully saturated rings. The van der Waals surface area contributed by atoms with Crippen molar-refractivity contribution in [1.82, 2.24) is 15.1 Å². The van der Waals surface area contributed by atoms with E-state index in [1.165, 1.54) is 16.9 Å². The Balaban J connectivity index is 2.56. The summed E-state index contributed by atoms with van der Waals surface area (Å²) < 4.78 is 1.20. The highest BCUT2D eigenvalue weighted by Gasteiger charge is 2.21. The third-order valence-electron chi connectivity index (χ3n) is 2.33. The van der Waals surface area contributed by atoms with Crippen LogP contribution in [0.25, 0.3) is 0 Å². The molecule has 0 aliphatic carbocycles. The summed E-state index contributed by atoms with van der Waals surface area (Å²) in [5.74, 6) is -0.608. The number of rotatable bonds is 6. The van der Waals surface area contributed by atoms with E-state index >= 15 is 0 Å². The van der Waals surface area contributed by atoms with E-state index in [1.807, 2.05) is 0 Å². The lowest BCUT2D eigenvalue weighted by molar-refractivity contribution is -0.389. The second kappa shape index (κ2) is 5.58. The molecule has 0 aliphatic heterocycles. The highest BCUT2D eigenvalue weighted by molar-refractivity contribution is 5.76. The second-order valence-corrected chi connectivity index (χ2v) is 4.53. The van der Waals surface area contributed by atoms with Crippen molar-refractivity contribution in [2.45, 2.75) is 32.4 Å². The van der Waals surface area contributed by atoms with Gasteiger partial charge in [0.1, 0.15) is 6.54 Å². The maximum atomic E-state index is 11.7. The molecule has 2 N–H and O–H groups in total. The molecule has 0 aromatic carbocycles. The van der Waals surface area contributed by atoms with E-state index in [9.17, 15) is 14.9 Å². The third kappa shape index (κ3) is 4.13. The zero-order valence-corrected chi connectivity index (χ0v) is 10.3. The van der Waals surface area contributed by atoms with Crippen molar-refractivity contribution in [2.75, 3.05) is 6.61 Å². The molecule has 0 bridgehead atoms. The minimum Gasteiger partial charge on any atom is -0.396 e. The number of aliphatic hydroxyl groups is 1. The molecule has 0 saturated carbocycles. The maximum Gasteiger partial charge on any atom is 0.389 e. The first-order valence-corrected chi connectivity index (χ1v) is 5.44. The molecule has 0 unspecified atom stereocenters. The van der Waals surface area contributed by atoms with Gasteiger partial charge in [0, 0.05) is 12.1 Å². The number of nitrogens with one attached hydrogen (secondary N) is 1. The van der Waals surface area contributed by atoms with Crippen LogP contribution in [0.5, 0.6) is 0 Å². The Labute approximate surface area is 104 Å². The fourth-order valence-corrected chi connectivity index (χ4v) is 1.44. The fraction of sp³-hybridized carbons (Fsp3) is 0.600. The highest BCUT2D eigenvalue weighted by Crippen LogP contribution is 2.08. The molecule has 0 spiro atoms. The van der Waals surface area contributed by atoms with Gasteiger partial charge in [-0.3, -0.25) is 4.79 Å². The predicted molar refractivity (Wildman–Crippen MR) is 62.8 cm³/mol. The number of carbonyl (C=O) groups excluding carboxylic acids is 1. The number of aromatic nitrogens is 2. The predicted octanol–water partition coefficient (Wildman–Crippen LogP) is 0.0685. The van der Waals surface area contributed by atoms with Crippen molar-refractivity contribution in [1.29, 1.82) is 0 Å². The Morgan fingerprint density at radius 1 is 1.67 bits per heavy atom. The Hall–Kier alpha value is -1.96. The van der Waals surface area contributed by atoms with Gasteiger partial charge < -0.3 is 20.5 Å². The van der Waals surface area contributed by atoms with Crippen molar-refractivity contribution in [2.24, 2.45) is 0 Å². The summed E-state index contributed by atoms with van der Waals surface area (Å²) in [5.41, 5.74) is -0.523. The number of nitrogens with zero attached hydrogens (tertiary/aromatic N) is 3. The number of amides is 1. The van der Waals surface area contributed by atoms with Crippen LogP contribution in [0.2, 0.25) is 0 Å². The molecule has 0 radical (unpaired) electrons. The van der Waals surface area contributed by atoms with Gasteiger partial charge >= 0.3 is 5.82 Å². The van der Waals surface area contributed by atoms with Crippen LogP contribution >= 0.6 is 0 Å². The molecule has 0 saturated heterocycles. The van der Waals surface area contributed by atoms with Crippen LogP contribution in [0.15, 0.2) is 12.3 Å². The Bertz CT molecular complexity index is 441. The highest BCUT2D eigenvalue weighted by atomic mass is 16.6. The van der Waals surface area contributed by atoms with Crippen LogP contribution in [-0.4, -0.2) is 37.9 Å². The smallest absolute Gasteiger partial charge is 0.389 e. The van der Waals surface area contributed by atoms with E-state index in [1.54, 1.807) is 13.8 Å². The normalized spacial score (nSPS) is 11.3. The van der Waals surface area contributed by atoms with Crippen molar-refractivity contribution >= 4 is 11.7 Å². The van der Waals surface area contributed by atoms with E-state index in [0.717, 1.165) is 0 Å². The molecule has 1 rings (SSSR count). The average Bonchev–Trinajstić information content (AvgIpc) is 2.64. The Morgan fingerprint density at radius 3 is 2.83 bits per heavy atom. The minimum absolute atomic E-state index is 0.0273. The van der Waals surface area contributed by atoms with E-state index in [4.69, 9.17) is 5.11 Å². The summed E-state index contributed by atoms with van der Waals surface area (Å²) in [7, 11) is 0. The second-order valence-electron chi connectivity index (χ2n) is 4.53. The van der Waals surface area contributed by atoms with Gasteiger partial charge in [0.05, 0.1) is 17.4 Å². The first-order chi connectivity index (χ1) is 8.34. The van der Waals surface area contributed by atoms with Gasteiger partial charge in [0.2, 0.25) is 5.91 Å². The number of nitro groups is 1. The van der Waals surface area contributed by atoms with E-state index in [-0.39, 0.29) is 24.9 Å². The molecule has 1 heterocycles. The summed E-state index contributed by atoms with van der Waals surface area (Å²) in [4.78, 5) is 21.5. The quantitative estimate of drug-likeness (QED) is 0.552. The molecular weight excluding hydrogens is 240 g/mol. The first-order valence-electron chi connectivity index (χ1n) is 5.44. The van der Waals surface area contributed by atoms with Gasteiger partial charge in [0.15, 0.2) is 0 Å². The van der Waals surface area contributed by atoms with Crippen LogP contribution in [0.4, 0.5) is 5.82 Å². The molecule has 0 aliphatic rings. The topological polar surface area (TPSA) is 110 Å². The summed E-state index contributed by atoms with van der Waals surface area (Å²) in [6, 6.07) is 1.23. The number of hydrogen-bond donors (Lipinski definition) is 2. The van der Waals surface area contributed by atoms with Crippen LogP contribution in [0, 0.1) is 10.1 Å². The first kappa shape index (κ1) is 14.1. The van der Waals surface area contributed by atoms with Gasteiger partial charge in [-0.25, -0.2) is 0 Å². The van der Waals surface area contributed by atoms with E-state index in [0.29, 0.717) is 6.42 Å². The summed E-state index contributed by atoms with van der Waals surface area (Å²) in [5, 5.41) is 25.6. The Kier molecular flexibility index (Phi) is 4.38. The van der Waals surface area contributed by atoms with Crippen LogP contribution in [0.1, 0.15) is 20.3 Å². The van der Waals surface area contributed by atoms with Gasteiger partial charge in [-0.2, -0.15) is 4.68 Å². The van der Waals surface area contributed by atoms with Crippen LogP contribution in [-0.2, 0) is 11.3 Å². The van der Waals surface area contributed by atoms with Crippen LogP contribution in [0.3, 0.4) is 0 Å². The van der Waals surface area contributed by atoms with Gasteiger partial charge in [-0.05, 0) is 25.2 Å². The molecule has 18 heavy (non-hydrogen) atoms. The maximum absolute atomic E-state index is 11.7. The summed E-state index contributed by atoms with van der Waals surface area (Å²) in [6.07, 6.45) is 1.80. The Morgan fingerprint density at radius 2 is 2.33 bits per heavy atom. The molecule has 0 atom stereocenters.